The van der Waals surface area contributed by atoms with E-state index in [-0.39, 0.29) is 23.1 Å². The van der Waals surface area contributed by atoms with Crippen molar-refractivity contribution in [1.82, 2.24) is 5.06 Å². The molecule has 1 aromatic heterocycles. The third kappa shape index (κ3) is 2.65. The number of nitrogens with one attached hydrogen (secondary N) is 1. The Hall–Kier alpha value is -3.48. The first kappa shape index (κ1) is 15.1. The summed E-state index contributed by atoms with van der Waals surface area (Å²) in [6, 6.07) is 9.26. The monoisotopic (exact) mass is 337 g/mol. The number of rotatable bonds is 2. The molecule has 124 valence electrons. The van der Waals surface area contributed by atoms with Crippen molar-refractivity contribution in [3.05, 3.63) is 65.4 Å². The van der Waals surface area contributed by atoms with Gasteiger partial charge in [-0.05, 0) is 49.4 Å². The van der Waals surface area contributed by atoms with E-state index in [9.17, 15) is 9.18 Å². The van der Waals surface area contributed by atoms with Crippen molar-refractivity contribution < 1.29 is 18.4 Å². The van der Waals surface area contributed by atoms with Gasteiger partial charge in [0.15, 0.2) is 11.7 Å². The van der Waals surface area contributed by atoms with Crippen LogP contribution in [0.15, 0.2) is 63.2 Å². The Morgan fingerprint density at radius 3 is 2.72 bits per heavy atom. The molecule has 6 nitrogen and oxygen atoms in total. The summed E-state index contributed by atoms with van der Waals surface area (Å²) in [6.07, 6.45) is 3.03. The lowest BCUT2D eigenvalue weighted by Crippen LogP contribution is -2.38. The number of hydroxylamine groups is 2. The zero-order chi connectivity index (χ0) is 17.6. The van der Waals surface area contributed by atoms with Crippen molar-refractivity contribution in [2.45, 2.75) is 6.92 Å². The van der Waals surface area contributed by atoms with Crippen LogP contribution in [0.2, 0.25) is 0 Å². The quantitative estimate of drug-likeness (QED) is 0.850. The standard InChI is InChI=1S/C18H12FN3O3/c1-10-8-16-21-18(23)14(17(20)22(16)25-10)9-13-6-7-15(24-13)11-2-4-12(19)5-3-11/h2-9,20H,1H3/b14-9-,20-17?. The second-order valence-electron chi connectivity index (χ2n) is 5.53. The lowest BCUT2D eigenvalue weighted by atomic mass is 10.1. The molecule has 0 fully saturated rings. The molecule has 0 unspecified atom stereocenters. The molecule has 0 saturated carbocycles. The molecule has 0 radical (unpaired) electrons. The molecule has 0 bridgehead atoms. The van der Waals surface area contributed by atoms with Gasteiger partial charge in [-0.25, -0.2) is 4.39 Å². The van der Waals surface area contributed by atoms with Gasteiger partial charge in [-0.3, -0.25) is 10.2 Å². The second kappa shape index (κ2) is 5.55. The molecule has 3 heterocycles. The average Bonchev–Trinajstić information content (AvgIpc) is 3.18. The zero-order valence-electron chi connectivity index (χ0n) is 13.1. The lowest BCUT2D eigenvalue weighted by molar-refractivity contribution is -0.114. The van der Waals surface area contributed by atoms with E-state index in [1.54, 1.807) is 37.3 Å². The molecule has 1 amide bonds. The molecular weight excluding hydrogens is 325 g/mol. The third-order valence-electron chi connectivity index (χ3n) is 3.72. The van der Waals surface area contributed by atoms with E-state index in [1.165, 1.54) is 23.3 Å². The van der Waals surface area contributed by atoms with E-state index in [2.05, 4.69) is 4.99 Å². The number of benzene rings is 1. The molecule has 2 aliphatic rings. The van der Waals surface area contributed by atoms with Crippen LogP contribution >= 0.6 is 0 Å². The maximum Gasteiger partial charge on any atom is 0.283 e. The Labute approximate surface area is 142 Å². The van der Waals surface area contributed by atoms with Crippen LogP contribution in [0.1, 0.15) is 12.7 Å². The van der Waals surface area contributed by atoms with Gasteiger partial charge in [0.2, 0.25) is 0 Å². The van der Waals surface area contributed by atoms with Crippen LogP contribution in [0.25, 0.3) is 17.4 Å². The van der Waals surface area contributed by atoms with E-state index in [1.807, 2.05) is 0 Å². The minimum Gasteiger partial charge on any atom is -0.457 e. The average molecular weight is 337 g/mol. The van der Waals surface area contributed by atoms with Gasteiger partial charge in [-0.2, -0.15) is 4.99 Å². The Bertz CT molecular complexity index is 983. The van der Waals surface area contributed by atoms with Crippen molar-refractivity contribution in [3.8, 4) is 11.3 Å². The number of aliphatic imine (C=N–C) groups is 1. The number of hydrogen-bond donors (Lipinski definition) is 1. The predicted molar refractivity (Wildman–Crippen MR) is 88.9 cm³/mol. The fraction of sp³-hybridized carbons (Fsp3) is 0.0556. The Morgan fingerprint density at radius 1 is 1.20 bits per heavy atom. The largest absolute Gasteiger partial charge is 0.457 e. The van der Waals surface area contributed by atoms with Gasteiger partial charge >= 0.3 is 0 Å². The summed E-state index contributed by atoms with van der Waals surface area (Å²) >= 11 is 0. The number of carbonyl (C=O) groups excluding carboxylic acids is 1. The zero-order valence-corrected chi connectivity index (χ0v) is 13.1. The molecule has 25 heavy (non-hydrogen) atoms. The fourth-order valence-corrected chi connectivity index (χ4v) is 2.54. The van der Waals surface area contributed by atoms with Crippen LogP contribution in [-0.4, -0.2) is 22.6 Å². The summed E-state index contributed by atoms with van der Waals surface area (Å²) in [5.41, 5.74) is 0.769. The smallest absolute Gasteiger partial charge is 0.283 e. The van der Waals surface area contributed by atoms with Gasteiger partial charge in [0.25, 0.3) is 5.91 Å². The summed E-state index contributed by atoms with van der Waals surface area (Å²) in [5.74, 6) is 0.774. The molecule has 1 N–H and O–H groups in total. The fourth-order valence-electron chi connectivity index (χ4n) is 2.54. The summed E-state index contributed by atoms with van der Waals surface area (Å²) < 4.78 is 18.7. The normalized spacial score (nSPS) is 18.2. The molecule has 2 aromatic rings. The summed E-state index contributed by atoms with van der Waals surface area (Å²) in [6.45, 7) is 1.71. The molecular formula is C18H12FN3O3. The number of amides is 1. The lowest BCUT2D eigenvalue weighted by Gasteiger charge is -2.22. The van der Waals surface area contributed by atoms with Crippen molar-refractivity contribution in [2.24, 2.45) is 4.99 Å². The van der Waals surface area contributed by atoms with Gasteiger partial charge < -0.3 is 9.25 Å². The number of amidine groups is 2. The molecule has 4 rings (SSSR count). The van der Waals surface area contributed by atoms with Gasteiger partial charge in [-0.15, -0.1) is 5.06 Å². The molecule has 7 heteroatoms. The first-order valence-corrected chi connectivity index (χ1v) is 7.47. The number of halogens is 1. The van der Waals surface area contributed by atoms with Gasteiger partial charge in [0, 0.05) is 11.6 Å². The SMILES string of the molecule is CC1=CC2=NC(=O)/C(=C\c3ccc(-c4ccc(F)cc4)o3)C(=N)N2O1. The van der Waals surface area contributed by atoms with Crippen molar-refractivity contribution in [2.75, 3.05) is 0 Å². The first-order valence-electron chi connectivity index (χ1n) is 7.47. The maximum absolute atomic E-state index is 13.0. The molecule has 1 aromatic carbocycles. The number of furan rings is 1. The summed E-state index contributed by atoms with van der Waals surface area (Å²) in [4.78, 5) is 21.4. The van der Waals surface area contributed by atoms with E-state index >= 15 is 0 Å². The Balaban J connectivity index is 1.65. The minimum absolute atomic E-state index is 0.0619. The van der Waals surface area contributed by atoms with Gasteiger partial charge in [-0.1, -0.05) is 0 Å². The van der Waals surface area contributed by atoms with Crippen molar-refractivity contribution in [1.29, 1.82) is 5.41 Å². The van der Waals surface area contributed by atoms with Gasteiger partial charge in [0.1, 0.15) is 23.1 Å². The molecule has 0 spiro atoms. The molecule has 0 aliphatic carbocycles. The van der Waals surface area contributed by atoms with E-state index in [4.69, 9.17) is 14.7 Å². The molecule has 0 atom stereocenters. The van der Waals surface area contributed by atoms with Crippen LogP contribution in [0.3, 0.4) is 0 Å². The van der Waals surface area contributed by atoms with Crippen LogP contribution in [0.4, 0.5) is 4.39 Å². The number of carbonyl (C=O) groups is 1. The second-order valence-corrected chi connectivity index (χ2v) is 5.53. The van der Waals surface area contributed by atoms with Crippen molar-refractivity contribution >= 4 is 23.7 Å². The predicted octanol–water partition coefficient (Wildman–Crippen LogP) is 3.54. The van der Waals surface area contributed by atoms with Crippen LogP contribution in [0.5, 0.6) is 0 Å². The Kier molecular flexibility index (Phi) is 3.35. The third-order valence-corrected chi connectivity index (χ3v) is 3.72. The van der Waals surface area contributed by atoms with Crippen LogP contribution in [0, 0.1) is 11.2 Å². The van der Waals surface area contributed by atoms with Gasteiger partial charge in [0.05, 0.1) is 5.57 Å². The number of hydrogen-bond acceptors (Lipinski definition) is 4. The number of fused-ring (bicyclic) bond motifs is 1. The first-order chi connectivity index (χ1) is 12.0. The van der Waals surface area contributed by atoms with Crippen LogP contribution in [-0.2, 0) is 9.63 Å². The highest BCUT2D eigenvalue weighted by molar-refractivity contribution is 6.32. The topological polar surface area (TPSA) is 78.9 Å². The molecule has 2 aliphatic heterocycles. The minimum atomic E-state index is -0.537. The maximum atomic E-state index is 13.0. The van der Waals surface area contributed by atoms with E-state index in [0.717, 1.165) is 0 Å². The summed E-state index contributed by atoms with van der Waals surface area (Å²) in [5, 5.41) is 9.34. The number of nitrogens with zero attached hydrogens (tertiary/aromatic N) is 2. The summed E-state index contributed by atoms with van der Waals surface area (Å²) in [7, 11) is 0. The molecule has 0 saturated heterocycles. The van der Waals surface area contributed by atoms with Crippen molar-refractivity contribution in [3.63, 3.8) is 0 Å². The van der Waals surface area contributed by atoms with E-state index < -0.39 is 5.91 Å². The highest BCUT2D eigenvalue weighted by atomic mass is 19.1. The highest BCUT2D eigenvalue weighted by Gasteiger charge is 2.34. The van der Waals surface area contributed by atoms with Crippen LogP contribution < -0.4 is 0 Å². The Morgan fingerprint density at radius 2 is 1.96 bits per heavy atom. The number of allylic oxidation sites excluding steroid dienone is 1. The van der Waals surface area contributed by atoms with E-state index in [0.29, 0.717) is 22.8 Å². The highest BCUT2D eigenvalue weighted by Crippen LogP contribution is 2.26.